The Balaban J connectivity index is 2.29. The van der Waals surface area contributed by atoms with Crippen molar-refractivity contribution in [3.63, 3.8) is 0 Å². The van der Waals surface area contributed by atoms with E-state index in [1.165, 1.54) is 0 Å². The van der Waals surface area contributed by atoms with Crippen molar-refractivity contribution in [1.82, 2.24) is 9.88 Å². The molecule has 1 aromatic rings. The van der Waals surface area contributed by atoms with Gasteiger partial charge in [-0.25, -0.2) is 4.98 Å². The number of carbonyl (C=O) groups excluding carboxylic acids is 1. The third-order valence-corrected chi connectivity index (χ3v) is 3.47. The summed E-state index contributed by atoms with van der Waals surface area (Å²) in [6.45, 7) is 4.40. The summed E-state index contributed by atoms with van der Waals surface area (Å²) in [4.78, 5) is 17.5. The van der Waals surface area contributed by atoms with Crippen LogP contribution in [0.2, 0.25) is 5.15 Å². The number of rotatable bonds is 1. The Morgan fingerprint density at radius 1 is 1.62 bits per heavy atom. The third kappa shape index (κ3) is 2.05. The lowest BCUT2D eigenvalue weighted by atomic mass is 10.1. The number of pyridine rings is 1. The fraction of sp³-hybridized carbons (Fsp3) is 0.500. The van der Waals surface area contributed by atoms with E-state index in [0.29, 0.717) is 5.15 Å². The molecule has 1 aromatic heterocycles. The van der Waals surface area contributed by atoms with Gasteiger partial charge in [-0.15, -0.1) is 0 Å². The lowest BCUT2D eigenvalue weighted by molar-refractivity contribution is -0.129. The summed E-state index contributed by atoms with van der Waals surface area (Å²) in [6.07, 6.45) is 3.86. The molecule has 2 rings (SSSR count). The maximum Gasteiger partial charge on any atom is 0.219 e. The molecule has 0 aliphatic carbocycles. The van der Waals surface area contributed by atoms with Crippen LogP contribution in [0.4, 0.5) is 0 Å². The number of likely N-dealkylation sites (tertiary alicyclic amines) is 1. The molecule has 1 saturated heterocycles. The van der Waals surface area contributed by atoms with Crippen molar-refractivity contribution in [3.8, 4) is 0 Å². The Morgan fingerprint density at radius 3 is 3.00 bits per heavy atom. The molecule has 1 aliphatic rings. The molecule has 0 bridgehead atoms. The van der Waals surface area contributed by atoms with Crippen LogP contribution in [0.15, 0.2) is 12.3 Å². The highest BCUT2D eigenvalue weighted by molar-refractivity contribution is 6.30. The summed E-state index contributed by atoms with van der Waals surface area (Å²) < 4.78 is 0. The van der Waals surface area contributed by atoms with Gasteiger partial charge >= 0.3 is 0 Å². The summed E-state index contributed by atoms with van der Waals surface area (Å²) in [5, 5.41) is 0.538. The van der Waals surface area contributed by atoms with Gasteiger partial charge in [0.2, 0.25) is 5.91 Å². The van der Waals surface area contributed by atoms with Gasteiger partial charge in [0.05, 0.1) is 6.04 Å². The van der Waals surface area contributed by atoms with E-state index in [0.717, 1.165) is 30.5 Å². The lowest BCUT2D eigenvalue weighted by Crippen LogP contribution is -2.28. The van der Waals surface area contributed by atoms with Gasteiger partial charge in [-0.2, -0.15) is 0 Å². The molecule has 0 spiro atoms. The minimum atomic E-state index is 0.134. The maximum atomic E-state index is 11.5. The molecule has 2 heterocycles. The average molecular weight is 239 g/mol. The summed E-state index contributed by atoms with van der Waals surface area (Å²) in [5.74, 6) is 0.134. The Bertz CT molecular complexity index is 419. The summed E-state index contributed by atoms with van der Waals surface area (Å²) in [6, 6.07) is 2.21. The van der Waals surface area contributed by atoms with E-state index < -0.39 is 0 Å². The Hall–Kier alpha value is -1.09. The fourth-order valence-electron chi connectivity index (χ4n) is 2.25. The molecule has 1 aliphatic heterocycles. The van der Waals surface area contributed by atoms with Gasteiger partial charge in [-0.1, -0.05) is 11.6 Å². The standard InChI is InChI=1S/C12H15ClN2O/c1-8-6-10(7-14-12(8)13)11-4-3-5-15(11)9(2)16/h6-7,11H,3-5H2,1-2H3. The van der Waals surface area contributed by atoms with Crippen LogP contribution in [0, 0.1) is 6.92 Å². The molecular weight excluding hydrogens is 224 g/mol. The average Bonchev–Trinajstić information content (AvgIpc) is 2.71. The molecule has 1 unspecified atom stereocenters. The van der Waals surface area contributed by atoms with Crippen LogP contribution >= 0.6 is 11.6 Å². The Kier molecular flexibility index (Phi) is 3.15. The first kappa shape index (κ1) is 11.4. The predicted octanol–water partition coefficient (Wildman–Crippen LogP) is 2.73. The van der Waals surface area contributed by atoms with Gasteiger partial charge in [0.15, 0.2) is 0 Å². The second-order valence-corrected chi connectivity index (χ2v) is 4.60. The Morgan fingerprint density at radius 2 is 2.38 bits per heavy atom. The van der Waals surface area contributed by atoms with E-state index in [1.807, 2.05) is 17.9 Å². The SMILES string of the molecule is CC(=O)N1CCCC1c1cnc(Cl)c(C)c1. The van der Waals surface area contributed by atoms with Crippen LogP contribution in [-0.2, 0) is 4.79 Å². The largest absolute Gasteiger partial charge is 0.336 e. The van der Waals surface area contributed by atoms with Crippen LogP contribution in [0.3, 0.4) is 0 Å². The van der Waals surface area contributed by atoms with Gasteiger partial charge in [-0.3, -0.25) is 4.79 Å². The smallest absolute Gasteiger partial charge is 0.219 e. The number of halogens is 1. The van der Waals surface area contributed by atoms with Crippen molar-refractivity contribution in [2.45, 2.75) is 32.7 Å². The second kappa shape index (κ2) is 4.42. The topological polar surface area (TPSA) is 33.2 Å². The van der Waals surface area contributed by atoms with Crippen LogP contribution in [0.25, 0.3) is 0 Å². The van der Waals surface area contributed by atoms with Crippen LogP contribution in [-0.4, -0.2) is 22.3 Å². The molecule has 0 radical (unpaired) electrons. The zero-order chi connectivity index (χ0) is 11.7. The van der Waals surface area contributed by atoms with Crippen molar-refractivity contribution in [1.29, 1.82) is 0 Å². The third-order valence-electron chi connectivity index (χ3n) is 3.08. The van der Waals surface area contributed by atoms with E-state index in [9.17, 15) is 4.79 Å². The zero-order valence-electron chi connectivity index (χ0n) is 9.53. The van der Waals surface area contributed by atoms with Gasteiger partial charge in [0, 0.05) is 19.7 Å². The minimum absolute atomic E-state index is 0.134. The van der Waals surface area contributed by atoms with Crippen LogP contribution in [0.1, 0.15) is 36.9 Å². The van der Waals surface area contributed by atoms with E-state index in [2.05, 4.69) is 4.98 Å². The van der Waals surface area contributed by atoms with Crippen molar-refractivity contribution >= 4 is 17.5 Å². The maximum absolute atomic E-state index is 11.5. The van der Waals surface area contributed by atoms with E-state index in [-0.39, 0.29) is 11.9 Å². The van der Waals surface area contributed by atoms with Crippen LogP contribution < -0.4 is 0 Å². The van der Waals surface area contributed by atoms with Crippen molar-refractivity contribution in [3.05, 3.63) is 28.5 Å². The number of nitrogens with zero attached hydrogens (tertiary/aromatic N) is 2. The van der Waals surface area contributed by atoms with E-state index in [1.54, 1.807) is 13.1 Å². The number of carbonyl (C=O) groups is 1. The van der Waals surface area contributed by atoms with Crippen molar-refractivity contribution < 1.29 is 4.79 Å². The molecule has 1 fully saturated rings. The molecule has 0 N–H and O–H groups in total. The quantitative estimate of drug-likeness (QED) is 0.705. The highest BCUT2D eigenvalue weighted by Crippen LogP contribution is 2.32. The highest BCUT2D eigenvalue weighted by atomic mass is 35.5. The van der Waals surface area contributed by atoms with Crippen molar-refractivity contribution in [2.75, 3.05) is 6.54 Å². The van der Waals surface area contributed by atoms with E-state index >= 15 is 0 Å². The molecule has 86 valence electrons. The molecule has 16 heavy (non-hydrogen) atoms. The first-order valence-electron chi connectivity index (χ1n) is 5.49. The Labute approximate surface area is 100 Å². The van der Waals surface area contributed by atoms with Gasteiger partial charge in [0.25, 0.3) is 0 Å². The number of aryl methyl sites for hydroxylation is 1. The number of hydrogen-bond acceptors (Lipinski definition) is 2. The molecule has 0 saturated carbocycles. The molecule has 3 nitrogen and oxygen atoms in total. The molecule has 0 aromatic carbocycles. The molecule has 1 amide bonds. The second-order valence-electron chi connectivity index (χ2n) is 4.25. The number of hydrogen-bond donors (Lipinski definition) is 0. The van der Waals surface area contributed by atoms with Gasteiger partial charge < -0.3 is 4.90 Å². The molecule has 4 heteroatoms. The zero-order valence-corrected chi connectivity index (χ0v) is 10.3. The highest BCUT2D eigenvalue weighted by Gasteiger charge is 2.28. The van der Waals surface area contributed by atoms with Gasteiger partial charge in [-0.05, 0) is 37.0 Å². The first-order valence-corrected chi connectivity index (χ1v) is 5.86. The molecular formula is C12H15ClN2O. The van der Waals surface area contributed by atoms with Crippen molar-refractivity contribution in [2.24, 2.45) is 0 Å². The minimum Gasteiger partial charge on any atom is -0.336 e. The summed E-state index contributed by atoms with van der Waals surface area (Å²) in [7, 11) is 0. The summed E-state index contributed by atoms with van der Waals surface area (Å²) in [5.41, 5.74) is 2.06. The first-order chi connectivity index (χ1) is 7.59. The predicted molar refractivity (Wildman–Crippen MR) is 63.3 cm³/mol. The normalized spacial score (nSPS) is 20.2. The summed E-state index contributed by atoms with van der Waals surface area (Å²) >= 11 is 5.89. The molecule has 1 atom stereocenters. The fourth-order valence-corrected chi connectivity index (χ4v) is 2.36. The number of aromatic nitrogens is 1. The van der Waals surface area contributed by atoms with E-state index in [4.69, 9.17) is 11.6 Å². The lowest BCUT2D eigenvalue weighted by Gasteiger charge is -2.23. The van der Waals surface area contributed by atoms with Gasteiger partial charge in [0.1, 0.15) is 5.15 Å². The number of amides is 1. The monoisotopic (exact) mass is 238 g/mol. The van der Waals surface area contributed by atoms with Crippen LogP contribution in [0.5, 0.6) is 0 Å².